The van der Waals surface area contributed by atoms with Crippen LogP contribution in [0.3, 0.4) is 0 Å². The SMILES string of the molecule is COCCN(Cc1nc(C(=O)N2CCN(c3cccc(C(F)(F)F)c3)CC2)cs1)C(=O)Nc1ccc(Cl)cc1. The minimum absolute atomic E-state index is 0.185. The number of rotatable bonds is 8. The van der Waals surface area contributed by atoms with Crippen LogP contribution in [0.2, 0.25) is 5.02 Å². The van der Waals surface area contributed by atoms with E-state index in [2.05, 4.69) is 10.3 Å². The second kappa shape index (κ2) is 12.7. The molecule has 0 atom stereocenters. The van der Waals surface area contributed by atoms with E-state index >= 15 is 0 Å². The van der Waals surface area contributed by atoms with Crippen LogP contribution in [0.4, 0.5) is 29.3 Å². The fraction of sp³-hybridized carbons (Fsp3) is 0.346. The number of anilines is 2. The summed E-state index contributed by atoms with van der Waals surface area (Å²) in [5, 5.41) is 5.61. The minimum Gasteiger partial charge on any atom is -0.383 e. The Bertz CT molecular complexity index is 1280. The van der Waals surface area contributed by atoms with Gasteiger partial charge in [-0.2, -0.15) is 13.2 Å². The zero-order valence-corrected chi connectivity index (χ0v) is 22.7. The smallest absolute Gasteiger partial charge is 0.383 e. The lowest BCUT2D eigenvalue weighted by Crippen LogP contribution is -2.49. The van der Waals surface area contributed by atoms with Crippen LogP contribution in [-0.2, 0) is 17.5 Å². The van der Waals surface area contributed by atoms with Gasteiger partial charge in [0.2, 0.25) is 0 Å². The summed E-state index contributed by atoms with van der Waals surface area (Å²) in [5.74, 6) is -0.254. The molecule has 1 fully saturated rings. The molecular weight excluding hydrogens is 555 g/mol. The molecule has 1 aromatic heterocycles. The normalized spacial score (nSPS) is 13.9. The third kappa shape index (κ3) is 7.61. The summed E-state index contributed by atoms with van der Waals surface area (Å²) in [6.07, 6.45) is -4.41. The van der Waals surface area contributed by atoms with Gasteiger partial charge in [-0.05, 0) is 42.5 Å². The Labute approximate surface area is 232 Å². The Morgan fingerprint density at radius 3 is 2.51 bits per heavy atom. The van der Waals surface area contributed by atoms with Crippen molar-refractivity contribution in [1.82, 2.24) is 14.8 Å². The van der Waals surface area contributed by atoms with Crippen molar-refractivity contribution in [2.45, 2.75) is 12.7 Å². The minimum atomic E-state index is -4.41. The Morgan fingerprint density at radius 1 is 1.13 bits per heavy atom. The first-order valence-electron chi connectivity index (χ1n) is 12.1. The number of carbonyl (C=O) groups is 2. The van der Waals surface area contributed by atoms with Gasteiger partial charge in [0, 0.05) is 61.6 Å². The highest BCUT2D eigenvalue weighted by Gasteiger charge is 2.31. The van der Waals surface area contributed by atoms with Crippen molar-refractivity contribution in [1.29, 1.82) is 0 Å². The van der Waals surface area contributed by atoms with E-state index in [0.717, 1.165) is 12.1 Å². The maximum absolute atomic E-state index is 13.1. The lowest BCUT2D eigenvalue weighted by atomic mass is 10.1. The first-order valence-corrected chi connectivity index (χ1v) is 13.4. The first kappa shape index (κ1) is 28.7. The third-order valence-corrected chi connectivity index (χ3v) is 7.24. The van der Waals surface area contributed by atoms with E-state index in [0.29, 0.717) is 60.7 Å². The van der Waals surface area contributed by atoms with E-state index in [1.54, 1.807) is 52.6 Å². The summed E-state index contributed by atoms with van der Waals surface area (Å²) < 4.78 is 44.4. The highest BCUT2D eigenvalue weighted by Crippen LogP contribution is 2.32. The third-order valence-electron chi connectivity index (χ3n) is 6.15. The van der Waals surface area contributed by atoms with E-state index in [4.69, 9.17) is 16.3 Å². The molecule has 8 nitrogen and oxygen atoms in total. The molecule has 4 rings (SSSR count). The maximum Gasteiger partial charge on any atom is 0.416 e. The Hall–Kier alpha value is -3.35. The molecule has 1 N–H and O–H groups in total. The molecule has 0 radical (unpaired) electrons. The molecule has 1 aliphatic rings. The average Bonchev–Trinajstić information content (AvgIpc) is 3.40. The Balaban J connectivity index is 1.35. The van der Waals surface area contributed by atoms with Crippen molar-refractivity contribution >= 4 is 46.3 Å². The fourth-order valence-corrected chi connectivity index (χ4v) is 4.95. The molecule has 39 heavy (non-hydrogen) atoms. The molecule has 3 amide bonds. The molecule has 2 aromatic carbocycles. The number of thiazole rings is 1. The van der Waals surface area contributed by atoms with Gasteiger partial charge in [0.05, 0.1) is 18.7 Å². The Kier molecular flexibility index (Phi) is 9.31. The van der Waals surface area contributed by atoms with Crippen LogP contribution in [0, 0.1) is 0 Å². The zero-order valence-electron chi connectivity index (χ0n) is 21.1. The molecule has 2 heterocycles. The summed E-state index contributed by atoms with van der Waals surface area (Å²) in [5.41, 5.74) is 0.634. The summed E-state index contributed by atoms with van der Waals surface area (Å²) in [6, 6.07) is 11.6. The van der Waals surface area contributed by atoms with Crippen molar-refractivity contribution in [2.24, 2.45) is 0 Å². The number of methoxy groups -OCH3 is 1. The molecule has 0 unspecified atom stereocenters. The number of halogens is 4. The molecule has 0 spiro atoms. The van der Waals surface area contributed by atoms with Crippen molar-refractivity contribution < 1.29 is 27.5 Å². The van der Waals surface area contributed by atoms with Crippen LogP contribution in [0.15, 0.2) is 53.9 Å². The molecule has 13 heteroatoms. The molecule has 0 bridgehead atoms. The predicted octanol–water partition coefficient (Wildman–Crippen LogP) is 5.46. The van der Waals surface area contributed by atoms with Crippen LogP contribution in [-0.4, -0.2) is 73.2 Å². The van der Waals surface area contributed by atoms with E-state index in [9.17, 15) is 22.8 Å². The van der Waals surface area contributed by atoms with E-state index in [1.807, 2.05) is 4.90 Å². The van der Waals surface area contributed by atoms with Crippen LogP contribution in [0.5, 0.6) is 0 Å². The lowest BCUT2D eigenvalue weighted by Gasteiger charge is -2.36. The molecule has 0 aliphatic carbocycles. The van der Waals surface area contributed by atoms with Crippen LogP contribution < -0.4 is 10.2 Å². The summed E-state index contributed by atoms with van der Waals surface area (Å²) in [6.45, 7) is 2.33. The number of alkyl halides is 3. The average molecular weight is 582 g/mol. The monoisotopic (exact) mass is 581 g/mol. The van der Waals surface area contributed by atoms with Crippen molar-refractivity contribution in [3.05, 3.63) is 75.2 Å². The number of aromatic nitrogens is 1. The van der Waals surface area contributed by atoms with E-state index in [1.165, 1.54) is 17.4 Å². The summed E-state index contributed by atoms with van der Waals surface area (Å²) >= 11 is 7.18. The number of piperazine rings is 1. The standard InChI is InChI=1S/C26H27ClF3N5O3S/c1-38-14-13-35(25(37)31-20-7-5-19(27)6-8-20)16-23-32-22(17-39-23)24(36)34-11-9-33(10-12-34)21-4-2-3-18(15-21)26(28,29)30/h2-8,15,17H,9-14,16H2,1H3,(H,31,37). The number of ether oxygens (including phenoxy) is 1. The number of nitrogens with one attached hydrogen (secondary N) is 1. The van der Waals surface area contributed by atoms with Gasteiger partial charge in [-0.25, -0.2) is 9.78 Å². The van der Waals surface area contributed by atoms with Gasteiger partial charge in [0.1, 0.15) is 10.7 Å². The van der Waals surface area contributed by atoms with Gasteiger partial charge in [0.15, 0.2) is 0 Å². The molecular formula is C26H27ClF3N5O3S. The van der Waals surface area contributed by atoms with Crippen LogP contribution in [0.25, 0.3) is 0 Å². The van der Waals surface area contributed by atoms with Crippen LogP contribution in [0.1, 0.15) is 21.1 Å². The number of urea groups is 1. The number of hydrogen-bond acceptors (Lipinski definition) is 6. The fourth-order valence-electron chi connectivity index (χ4n) is 4.04. The number of hydrogen-bond donors (Lipinski definition) is 1. The van der Waals surface area contributed by atoms with E-state index < -0.39 is 11.7 Å². The summed E-state index contributed by atoms with van der Waals surface area (Å²) in [4.78, 5) is 35.4. The molecule has 1 saturated heterocycles. The highest BCUT2D eigenvalue weighted by molar-refractivity contribution is 7.09. The number of benzene rings is 2. The van der Waals surface area contributed by atoms with E-state index in [-0.39, 0.29) is 24.2 Å². The van der Waals surface area contributed by atoms with Crippen molar-refractivity contribution in [3.8, 4) is 0 Å². The number of amides is 3. The predicted molar refractivity (Wildman–Crippen MR) is 144 cm³/mol. The second-order valence-corrected chi connectivity index (χ2v) is 10.2. The van der Waals surface area contributed by atoms with Gasteiger partial charge in [-0.3, -0.25) is 4.79 Å². The maximum atomic E-state index is 13.1. The highest BCUT2D eigenvalue weighted by atomic mass is 35.5. The van der Waals surface area contributed by atoms with Gasteiger partial charge < -0.3 is 24.8 Å². The Morgan fingerprint density at radius 2 is 1.85 bits per heavy atom. The van der Waals surface area contributed by atoms with Gasteiger partial charge in [0.25, 0.3) is 5.91 Å². The largest absolute Gasteiger partial charge is 0.416 e. The quantitative estimate of drug-likeness (QED) is 0.382. The van der Waals surface area contributed by atoms with Crippen molar-refractivity contribution in [2.75, 3.05) is 56.7 Å². The second-order valence-electron chi connectivity index (χ2n) is 8.81. The van der Waals surface area contributed by atoms with Crippen LogP contribution >= 0.6 is 22.9 Å². The molecule has 3 aromatic rings. The topological polar surface area (TPSA) is 78.0 Å². The lowest BCUT2D eigenvalue weighted by molar-refractivity contribution is -0.137. The number of carbonyl (C=O) groups excluding carboxylic acids is 2. The first-order chi connectivity index (χ1) is 18.6. The zero-order chi connectivity index (χ0) is 28.0. The van der Waals surface area contributed by atoms with Gasteiger partial charge in [-0.1, -0.05) is 17.7 Å². The molecule has 0 saturated carbocycles. The molecule has 1 aliphatic heterocycles. The number of nitrogens with zero attached hydrogens (tertiary/aromatic N) is 4. The van der Waals surface area contributed by atoms with Gasteiger partial charge >= 0.3 is 12.2 Å². The molecule has 208 valence electrons. The van der Waals surface area contributed by atoms with Gasteiger partial charge in [-0.15, -0.1) is 11.3 Å². The van der Waals surface area contributed by atoms with Crippen molar-refractivity contribution in [3.63, 3.8) is 0 Å². The summed E-state index contributed by atoms with van der Waals surface area (Å²) in [7, 11) is 1.54.